The van der Waals surface area contributed by atoms with Crippen LogP contribution in [0.2, 0.25) is 4.34 Å². The van der Waals surface area contributed by atoms with Gasteiger partial charge in [-0.2, -0.15) is 0 Å². The van der Waals surface area contributed by atoms with E-state index in [4.69, 9.17) is 17.3 Å². The van der Waals surface area contributed by atoms with Crippen molar-refractivity contribution in [1.29, 1.82) is 0 Å². The van der Waals surface area contributed by atoms with Gasteiger partial charge in [-0.05, 0) is 41.9 Å². The third-order valence-electron chi connectivity index (χ3n) is 2.83. The number of thiophene rings is 1. The summed E-state index contributed by atoms with van der Waals surface area (Å²) in [4.78, 5) is 3.62. The zero-order chi connectivity index (χ0) is 11.0. The monoisotopic (exact) mass is 308 g/mol. The van der Waals surface area contributed by atoms with Crippen LogP contribution >= 0.6 is 38.9 Å². The number of hydrogen-bond donors (Lipinski definition) is 1. The fourth-order valence-electron chi connectivity index (χ4n) is 1.75. The van der Waals surface area contributed by atoms with E-state index in [9.17, 15) is 0 Å². The van der Waals surface area contributed by atoms with Crippen molar-refractivity contribution in [2.75, 3.05) is 13.6 Å². The summed E-state index contributed by atoms with van der Waals surface area (Å²) in [5, 5.41) is 0. The number of nitrogens with two attached hydrogens (primary N) is 1. The van der Waals surface area contributed by atoms with Crippen LogP contribution in [0.25, 0.3) is 0 Å². The van der Waals surface area contributed by atoms with Gasteiger partial charge in [-0.25, -0.2) is 0 Å². The molecular formula is C10H14BrClN2S. The van der Waals surface area contributed by atoms with Crippen LogP contribution in [-0.4, -0.2) is 24.5 Å². The lowest BCUT2D eigenvalue weighted by Crippen LogP contribution is -2.31. The molecule has 0 radical (unpaired) electrons. The molecule has 15 heavy (non-hydrogen) atoms. The summed E-state index contributed by atoms with van der Waals surface area (Å²) in [7, 11) is 2.15. The Bertz CT molecular complexity index is 332. The summed E-state index contributed by atoms with van der Waals surface area (Å²) >= 11 is 11.1. The molecule has 1 aliphatic rings. The van der Waals surface area contributed by atoms with Crippen LogP contribution in [0.4, 0.5) is 0 Å². The number of hydrogen-bond acceptors (Lipinski definition) is 3. The number of nitrogens with zero attached hydrogens (tertiary/aromatic N) is 1. The predicted molar refractivity (Wildman–Crippen MR) is 69.6 cm³/mol. The molecule has 0 amide bonds. The van der Waals surface area contributed by atoms with Crippen molar-refractivity contribution in [1.82, 2.24) is 4.90 Å². The summed E-state index contributed by atoms with van der Waals surface area (Å²) in [5.74, 6) is 0. The van der Waals surface area contributed by atoms with Crippen LogP contribution in [0.5, 0.6) is 0 Å². The van der Waals surface area contributed by atoms with Crippen molar-refractivity contribution in [3.05, 3.63) is 19.8 Å². The first kappa shape index (κ1) is 11.9. The highest BCUT2D eigenvalue weighted by atomic mass is 79.9. The Labute approximate surface area is 108 Å². The molecule has 0 spiro atoms. The van der Waals surface area contributed by atoms with E-state index in [0.717, 1.165) is 14.9 Å². The first-order valence-corrected chi connectivity index (χ1v) is 6.99. The van der Waals surface area contributed by atoms with Gasteiger partial charge in [0.1, 0.15) is 4.34 Å². The van der Waals surface area contributed by atoms with E-state index in [2.05, 4.69) is 33.9 Å². The highest BCUT2D eigenvalue weighted by Gasteiger charge is 2.32. The fraction of sp³-hybridized carbons (Fsp3) is 0.600. The van der Waals surface area contributed by atoms with Gasteiger partial charge in [0.05, 0.1) is 6.04 Å². The fourth-order valence-corrected chi connectivity index (χ4v) is 3.65. The number of halogens is 2. The van der Waals surface area contributed by atoms with E-state index >= 15 is 0 Å². The van der Waals surface area contributed by atoms with Crippen molar-refractivity contribution in [2.24, 2.45) is 5.73 Å². The molecule has 84 valence electrons. The van der Waals surface area contributed by atoms with Crippen LogP contribution in [0, 0.1) is 0 Å². The molecule has 1 aromatic rings. The van der Waals surface area contributed by atoms with Crippen molar-refractivity contribution in [3.63, 3.8) is 0 Å². The third kappa shape index (κ3) is 2.56. The molecule has 0 aliphatic heterocycles. The molecule has 0 aromatic carbocycles. The Morgan fingerprint density at radius 3 is 2.80 bits per heavy atom. The van der Waals surface area contributed by atoms with E-state index in [1.807, 2.05) is 0 Å². The first-order valence-electron chi connectivity index (χ1n) is 5.00. The molecule has 2 rings (SSSR count). The molecule has 1 aliphatic carbocycles. The predicted octanol–water partition coefficient (Wildman–Crippen LogP) is 3.26. The summed E-state index contributed by atoms with van der Waals surface area (Å²) < 4.78 is 1.79. The summed E-state index contributed by atoms with van der Waals surface area (Å²) in [6, 6.07) is 3.12. The molecule has 1 fully saturated rings. The maximum atomic E-state index is 6.04. The molecule has 2 N–H and O–H groups in total. The third-order valence-corrected chi connectivity index (χ3v) is 5.41. The molecule has 1 atom stereocenters. The molecule has 1 heterocycles. The second-order valence-corrected chi connectivity index (χ2v) is 6.46. The Hall–Kier alpha value is 0.390. The molecule has 1 unspecified atom stereocenters. The summed E-state index contributed by atoms with van der Waals surface area (Å²) in [6.07, 6.45) is 2.60. The maximum Gasteiger partial charge on any atom is 0.107 e. The summed E-state index contributed by atoms with van der Waals surface area (Å²) in [5.41, 5.74) is 5.84. The Morgan fingerprint density at radius 2 is 2.40 bits per heavy atom. The van der Waals surface area contributed by atoms with Gasteiger partial charge in [-0.1, -0.05) is 11.6 Å². The van der Waals surface area contributed by atoms with Gasteiger partial charge >= 0.3 is 0 Å². The van der Waals surface area contributed by atoms with Gasteiger partial charge in [0.25, 0.3) is 0 Å². The topological polar surface area (TPSA) is 29.3 Å². The van der Waals surface area contributed by atoms with E-state index in [1.54, 1.807) is 11.3 Å². The largest absolute Gasteiger partial charge is 0.329 e. The lowest BCUT2D eigenvalue weighted by molar-refractivity contribution is 0.243. The molecule has 0 saturated heterocycles. The molecule has 1 saturated carbocycles. The minimum atomic E-state index is 0.311. The second-order valence-electron chi connectivity index (χ2n) is 3.92. The van der Waals surface area contributed by atoms with Crippen LogP contribution in [0.1, 0.15) is 23.8 Å². The minimum Gasteiger partial charge on any atom is -0.329 e. The quantitative estimate of drug-likeness (QED) is 0.925. The van der Waals surface area contributed by atoms with Crippen LogP contribution in [0.15, 0.2) is 10.5 Å². The van der Waals surface area contributed by atoms with Gasteiger partial charge in [0, 0.05) is 21.9 Å². The SMILES string of the molecule is CN(C1CC1)C(CN)c1cc(Br)c(Cl)s1. The zero-order valence-corrected chi connectivity index (χ0v) is 11.7. The van der Waals surface area contributed by atoms with Crippen molar-refractivity contribution in [3.8, 4) is 0 Å². The Kier molecular flexibility index (Phi) is 3.73. The van der Waals surface area contributed by atoms with Crippen molar-refractivity contribution in [2.45, 2.75) is 24.9 Å². The standard InChI is InChI=1S/C10H14BrClN2S/c1-14(6-2-3-6)8(5-13)9-4-7(11)10(12)15-9/h4,6,8H,2-3,5,13H2,1H3. The Morgan fingerprint density at radius 1 is 1.73 bits per heavy atom. The van der Waals surface area contributed by atoms with Gasteiger partial charge < -0.3 is 5.73 Å². The van der Waals surface area contributed by atoms with Crippen molar-refractivity contribution < 1.29 is 0 Å². The van der Waals surface area contributed by atoms with E-state index in [1.165, 1.54) is 17.7 Å². The smallest absolute Gasteiger partial charge is 0.107 e. The maximum absolute atomic E-state index is 6.04. The highest BCUT2D eigenvalue weighted by Crippen LogP contribution is 2.39. The van der Waals surface area contributed by atoms with Gasteiger partial charge in [0.2, 0.25) is 0 Å². The van der Waals surface area contributed by atoms with Gasteiger partial charge in [-0.15, -0.1) is 11.3 Å². The van der Waals surface area contributed by atoms with Gasteiger partial charge in [0.15, 0.2) is 0 Å². The second kappa shape index (κ2) is 4.72. The molecule has 1 aromatic heterocycles. The number of likely N-dealkylation sites (N-methyl/N-ethyl adjacent to an activating group) is 1. The lowest BCUT2D eigenvalue weighted by atomic mass is 10.2. The molecule has 0 bridgehead atoms. The van der Waals surface area contributed by atoms with E-state index < -0.39 is 0 Å². The molecular weight excluding hydrogens is 296 g/mol. The average Bonchev–Trinajstić information content (AvgIpc) is 2.97. The number of rotatable bonds is 4. The lowest BCUT2D eigenvalue weighted by Gasteiger charge is -2.25. The van der Waals surface area contributed by atoms with Crippen LogP contribution < -0.4 is 5.73 Å². The molecule has 2 nitrogen and oxygen atoms in total. The molecule has 5 heteroatoms. The Balaban J connectivity index is 2.17. The van der Waals surface area contributed by atoms with Crippen LogP contribution in [-0.2, 0) is 0 Å². The van der Waals surface area contributed by atoms with E-state index in [0.29, 0.717) is 12.6 Å². The normalized spacial score (nSPS) is 18.5. The summed E-state index contributed by atoms with van der Waals surface area (Å²) in [6.45, 7) is 0.649. The average molecular weight is 310 g/mol. The minimum absolute atomic E-state index is 0.311. The van der Waals surface area contributed by atoms with Gasteiger partial charge in [-0.3, -0.25) is 4.90 Å². The zero-order valence-electron chi connectivity index (χ0n) is 8.54. The van der Waals surface area contributed by atoms with E-state index in [-0.39, 0.29) is 0 Å². The highest BCUT2D eigenvalue weighted by molar-refractivity contribution is 9.10. The first-order chi connectivity index (χ1) is 7.13. The van der Waals surface area contributed by atoms with Crippen LogP contribution in [0.3, 0.4) is 0 Å². The van der Waals surface area contributed by atoms with Crippen molar-refractivity contribution >= 4 is 38.9 Å².